The summed E-state index contributed by atoms with van der Waals surface area (Å²) < 4.78 is 12.2. The van der Waals surface area contributed by atoms with Crippen LogP contribution in [0, 0.1) is 0 Å². The molecule has 0 saturated carbocycles. The minimum Gasteiger partial charge on any atom is -0.486 e. The molecule has 0 radical (unpaired) electrons. The van der Waals surface area contributed by atoms with Gasteiger partial charge in [0.25, 0.3) is 0 Å². The Hall–Kier alpha value is -2.64. The molecular weight excluding hydrogens is 362 g/mol. The molecule has 4 rings (SSSR count). The Morgan fingerprint density at radius 1 is 1.22 bits per heavy atom. The lowest BCUT2D eigenvalue weighted by atomic mass is 10.1. The van der Waals surface area contributed by atoms with Crippen molar-refractivity contribution in [3.63, 3.8) is 0 Å². The highest BCUT2D eigenvalue weighted by Gasteiger charge is 2.25. The van der Waals surface area contributed by atoms with E-state index in [4.69, 9.17) is 9.47 Å². The third-order valence-corrected chi connectivity index (χ3v) is 5.52. The van der Waals surface area contributed by atoms with Crippen LogP contribution in [0.15, 0.2) is 42.5 Å². The molecule has 0 spiro atoms. The first kappa shape index (κ1) is 17.8. The van der Waals surface area contributed by atoms with Gasteiger partial charge in [0, 0.05) is 12.1 Å². The van der Waals surface area contributed by atoms with Gasteiger partial charge in [-0.25, -0.2) is 4.98 Å². The van der Waals surface area contributed by atoms with Crippen molar-refractivity contribution < 1.29 is 14.3 Å². The molecule has 1 aliphatic heterocycles. The van der Waals surface area contributed by atoms with Crippen LogP contribution in [0.3, 0.4) is 0 Å². The van der Waals surface area contributed by atoms with Crippen LogP contribution in [-0.2, 0) is 4.79 Å². The van der Waals surface area contributed by atoms with Gasteiger partial charge in [-0.1, -0.05) is 48.6 Å². The second-order valence-corrected chi connectivity index (χ2v) is 7.39. The Kier molecular flexibility index (Phi) is 4.96. The van der Waals surface area contributed by atoms with Crippen molar-refractivity contribution in [1.82, 2.24) is 9.88 Å². The van der Waals surface area contributed by atoms with Crippen LogP contribution < -0.4 is 14.8 Å². The lowest BCUT2D eigenvalue weighted by molar-refractivity contribution is -0.121. The second-order valence-electron chi connectivity index (χ2n) is 6.36. The summed E-state index contributed by atoms with van der Waals surface area (Å²) in [7, 11) is 1.94. The van der Waals surface area contributed by atoms with Crippen molar-refractivity contribution in [3.8, 4) is 11.5 Å². The molecule has 2 aromatic carbocycles. The number of fused-ring (bicyclic) bond motifs is 2. The van der Waals surface area contributed by atoms with Crippen LogP contribution in [0.4, 0.5) is 5.13 Å². The Morgan fingerprint density at radius 3 is 2.63 bits per heavy atom. The zero-order chi connectivity index (χ0) is 18.8. The molecule has 0 saturated heterocycles. The maximum Gasteiger partial charge on any atom is 0.248 e. The molecule has 1 unspecified atom stereocenters. The number of nitrogens with zero attached hydrogens (tertiary/aromatic N) is 2. The Morgan fingerprint density at radius 2 is 1.93 bits per heavy atom. The van der Waals surface area contributed by atoms with E-state index < -0.39 is 0 Å². The number of carbonyl (C=O) groups is 1. The van der Waals surface area contributed by atoms with Gasteiger partial charge in [-0.3, -0.25) is 9.69 Å². The maximum atomic E-state index is 13.0. The molecule has 0 aliphatic carbocycles. The first-order valence-corrected chi connectivity index (χ1v) is 9.73. The predicted molar refractivity (Wildman–Crippen MR) is 107 cm³/mol. The summed E-state index contributed by atoms with van der Waals surface area (Å²) in [6.07, 6.45) is 0. The highest BCUT2D eigenvalue weighted by Crippen LogP contribution is 2.38. The fourth-order valence-electron chi connectivity index (χ4n) is 3.12. The van der Waals surface area contributed by atoms with E-state index in [0.29, 0.717) is 24.1 Å². The highest BCUT2D eigenvalue weighted by molar-refractivity contribution is 7.22. The first-order chi connectivity index (χ1) is 13.2. The summed E-state index contributed by atoms with van der Waals surface area (Å²) in [5, 5.41) is 3.55. The summed E-state index contributed by atoms with van der Waals surface area (Å²) in [5.74, 6) is 1.33. The lowest BCUT2D eigenvalue weighted by Crippen LogP contribution is -2.34. The summed E-state index contributed by atoms with van der Waals surface area (Å²) >= 11 is 1.43. The average molecular weight is 383 g/mol. The number of nitrogens with one attached hydrogen (secondary N) is 1. The van der Waals surface area contributed by atoms with Crippen molar-refractivity contribution in [2.45, 2.75) is 13.0 Å². The van der Waals surface area contributed by atoms with Gasteiger partial charge in [0.15, 0.2) is 16.6 Å². The number of anilines is 1. The fourth-order valence-corrected chi connectivity index (χ4v) is 4.00. The molecular formula is C20H21N3O3S. The van der Waals surface area contributed by atoms with Crippen molar-refractivity contribution in [2.75, 3.05) is 32.1 Å². The van der Waals surface area contributed by atoms with Gasteiger partial charge in [-0.15, -0.1) is 0 Å². The van der Waals surface area contributed by atoms with E-state index in [9.17, 15) is 4.79 Å². The molecule has 3 aromatic rings. The monoisotopic (exact) mass is 383 g/mol. The zero-order valence-corrected chi connectivity index (χ0v) is 16.1. The number of likely N-dealkylation sites (N-methyl/N-ethyl adjacent to an activating group) is 1. The number of thiazole rings is 1. The standard InChI is InChI=1S/C20H21N3O3S/c1-3-23(2)18(13-7-5-4-6-8-13)19(24)22-20-21-14-11-15-16(12-17(14)27-20)26-10-9-25-15/h4-8,11-12,18H,3,9-10H2,1-2H3,(H,21,22,24). The van der Waals surface area contributed by atoms with Crippen molar-refractivity contribution in [3.05, 3.63) is 48.0 Å². The minimum absolute atomic E-state index is 0.0955. The molecule has 1 aliphatic rings. The van der Waals surface area contributed by atoms with Crippen LogP contribution in [0.1, 0.15) is 18.5 Å². The Bertz CT molecular complexity index is 915. The summed E-state index contributed by atoms with van der Waals surface area (Å²) in [6, 6.07) is 13.2. The Labute approximate surface area is 161 Å². The topological polar surface area (TPSA) is 63.7 Å². The molecule has 1 atom stereocenters. The number of amides is 1. The number of hydrogen-bond donors (Lipinski definition) is 1. The smallest absolute Gasteiger partial charge is 0.248 e. The normalized spacial score (nSPS) is 14.3. The number of ether oxygens (including phenoxy) is 2. The van der Waals surface area contributed by atoms with E-state index in [1.54, 1.807) is 0 Å². The third-order valence-electron chi connectivity index (χ3n) is 4.59. The predicted octanol–water partition coefficient (Wildman–Crippen LogP) is 3.70. The van der Waals surface area contributed by atoms with Crippen molar-refractivity contribution in [2.24, 2.45) is 0 Å². The molecule has 6 nitrogen and oxygen atoms in total. The summed E-state index contributed by atoms with van der Waals surface area (Å²) in [6.45, 7) is 3.87. The van der Waals surface area contributed by atoms with Gasteiger partial charge in [0.1, 0.15) is 19.3 Å². The third kappa shape index (κ3) is 3.61. The van der Waals surface area contributed by atoms with Crippen LogP contribution >= 0.6 is 11.3 Å². The average Bonchev–Trinajstić information content (AvgIpc) is 3.07. The van der Waals surface area contributed by atoms with Gasteiger partial charge >= 0.3 is 0 Å². The van der Waals surface area contributed by atoms with E-state index >= 15 is 0 Å². The van der Waals surface area contributed by atoms with E-state index in [1.807, 2.05) is 61.3 Å². The number of rotatable bonds is 5. The van der Waals surface area contributed by atoms with Crippen LogP contribution in [0.5, 0.6) is 11.5 Å². The minimum atomic E-state index is -0.372. The zero-order valence-electron chi connectivity index (χ0n) is 15.3. The molecule has 1 N–H and O–H groups in total. The van der Waals surface area contributed by atoms with Crippen LogP contribution in [-0.4, -0.2) is 42.6 Å². The number of carbonyl (C=O) groups excluding carboxylic acids is 1. The number of hydrogen-bond acceptors (Lipinski definition) is 6. The van der Waals surface area contributed by atoms with Gasteiger partial charge in [0.2, 0.25) is 5.91 Å². The number of benzene rings is 2. The van der Waals surface area contributed by atoms with Crippen molar-refractivity contribution in [1.29, 1.82) is 0 Å². The molecule has 7 heteroatoms. The first-order valence-electron chi connectivity index (χ1n) is 8.92. The van der Waals surface area contributed by atoms with Gasteiger partial charge in [0.05, 0.1) is 10.2 Å². The van der Waals surface area contributed by atoms with E-state index in [-0.39, 0.29) is 11.9 Å². The van der Waals surface area contributed by atoms with E-state index in [2.05, 4.69) is 10.3 Å². The Balaban J connectivity index is 1.60. The molecule has 0 bridgehead atoms. The molecule has 1 aromatic heterocycles. The second kappa shape index (κ2) is 7.54. The van der Waals surface area contributed by atoms with Gasteiger partial charge in [-0.2, -0.15) is 0 Å². The molecule has 1 amide bonds. The quantitative estimate of drug-likeness (QED) is 0.728. The van der Waals surface area contributed by atoms with Gasteiger partial charge in [-0.05, 0) is 19.2 Å². The summed E-state index contributed by atoms with van der Waals surface area (Å²) in [5.41, 5.74) is 1.75. The molecule has 140 valence electrons. The molecule has 2 heterocycles. The van der Waals surface area contributed by atoms with Crippen LogP contribution in [0.25, 0.3) is 10.2 Å². The summed E-state index contributed by atoms with van der Waals surface area (Å²) in [4.78, 5) is 19.6. The van der Waals surface area contributed by atoms with Crippen LogP contribution in [0.2, 0.25) is 0 Å². The maximum absolute atomic E-state index is 13.0. The van der Waals surface area contributed by atoms with E-state index in [0.717, 1.165) is 28.1 Å². The van der Waals surface area contributed by atoms with E-state index in [1.165, 1.54) is 11.3 Å². The lowest BCUT2D eigenvalue weighted by Gasteiger charge is -2.25. The fraction of sp³-hybridized carbons (Fsp3) is 0.300. The highest BCUT2D eigenvalue weighted by atomic mass is 32.1. The molecule has 0 fully saturated rings. The van der Waals surface area contributed by atoms with Gasteiger partial charge < -0.3 is 14.8 Å². The largest absolute Gasteiger partial charge is 0.486 e. The number of aromatic nitrogens is 1. The SMILES string of the molecule is CCN(C)C(C(=O)Nc1nc2cc3c(cc2s1)OCCO3)c1ccccc1. The van der Waals surface area contributed by atoms with Crippen molar-refractivity contribution >= 4 is 32.6 Å². The molecule has 27 heavy (non-hydrogen) atoms.